The van der Waals surface area contributed by atoms with Gasteiger partial charge in [0.05, 0.1) is 19.8 Å². The summed E-state index contributed by atoms with van der Waals surface area (Å²) in [7, 11) is 0. The Bertz CT molecular complexity index is 310. The van der Waals surface area contributed by atoms with Gasteiger partial charge in [-0.3, -0.25) is 0 Å². The van der Waals surface area contributed by atoms with Crippen molar-refractivity contribution in [3.8, 4) is 0 Å². The predicted molar refractivity (Wildman–Crippen MR) is 64.1 cm³/mol. The van der Waals surface area contributed by atoms with Crippen molar-refractivity contribution in [2.24, 2.45) is 0 Å². The van der Waals surface area contributed by atoms with E-state index < -0.39 is 17.7 Å². The van der Waals surface area contributed by atoms with Crippen LogP contribution >= 0.6 is 0 Å². The molecule has 18 heavy (non-hydrogen) atoms. The largest absolute Gasteiger partial charge is 0.461 e. The Hall–Kier alpha value is -1.56. The molecule has 1 fully saturated rings. The van der Waals surface area contributed by atoms with Gasteiger partial charge in [0.15, 0.2) is 0 Å². The summed E-state index contributed by atoms with van der Waals surface area (Å²) in [4.78, 5) is 22.3. The van der Waals surface area contributed by atoms with Crippen LogP contribution in [0, 0.1) is 0 Å². The lowest BCUT2D eigenvalue weighted by Gasteiger charge is -2.25. The van der Waals surface area contributed by atoms with Gasteiger partial charge in [-0.2, -0.15) is 0 Å². The minimum absolute atomic E-state index is 0.0928. The highest BCUT2D eigenvalue weighted by Gasteiger charge is 2.37. The maximum atomic E-state index is 11.5. The minimum atomic E-state index is -0.517. The number of hydrogen-bond acceptors (Lipinski definition) is 5. The quantitative estimate of drug-likeness (QED) is 0.437. The lowest BCUT2D eigenvalue weighted by Crippen LogP contribution is -2.40. The monoisotopic (exact) mass is 257 g/mol. The average Bonchev–Trinajstić information content (AvgIpc) is 2.83. The summed E-state index contributed by atoms with van der Waals surface area (Å²) in [6.07, 6.45) is 1.98. The van der Waals surface area contributed by atoms with Crippen LogP contribution < -0.4 is 5.32 Å². The van der Waals surface area contributed by atoms with Gasteiger partial charge < -0.3 is 19.5 Å². The molecule has 1 rings (SSSR count). The fourth-order valence-corrected chi connectivity index (χ4v) is 1.62. The molecule has 6 nitrogen and oxygen atoms in total. The van der Waals surface area contributed by atoms with Crippen molar-refractivity contribution in [3.05, 3.63) is 12.7 Å². The molecule has 1 N–H and O–H groups in total. The molecule has 102 valence electrons. The third-order valence-electron chi connectivity index (χ3n) is 2.80. The molecule has 0 spiro atoms. The van der Waals surface area contributed by atoms with Crippen LogP contribution in [0.4, 0.5) is 4.79 Å². The maximum Gasteiger partial charge on any atom is 0.407 e. The van der Waals surface area contributed by atoms with Gasteiger partial charge in [0.25, 0.3) is 0 Å². The second-order valence-electron chi connectivity index (χ2n) is 4.03. The molecule has 0 aromatic rings. The normalized spacial score (nSPS) is 22.3. The van der Waals surface area contributed by atoms with Gasteiger partial charge in [0.1, 0.15) is 12.2 Å². The first kappa shape index (κ1) is 14.5. The molecule has 1 heterocycles. The Kier molecular flexibility index (Phi) is 5.64. The van der Waals surface area contributed by atoms with Gasteiger partial charge in [-0.15, -0.1) is 0 Å². The third kappa shape index (κ3) is 4.37. The molecule has 0 aromatic carbocycles. The molecule has 0 saturated carbocycles. The first-order valence-electron chi connectivity index (χ1n) is 5.95. The van der Waals surface area contributed by atoms with Crippen LogP contribution in [0.25, 0.3) is 0 Å². The van der Waals surface area contributed by atoms with E-state index in [2.05, 4.69) is 11.9 Å². The number of amides is 1. The molecule has 1 amide bonds. The van der Waals surface area contributed by atoms with Crippen LogP contribution in [0.5, 0.6) is 0 Å². The van der Waals surface area contributed by atoms with Gasteiger partial charge in [-0.05, 0) is 6.42 Å². The lowest BCUT2D eigenvalue weighted by molar-refractivity contribution is -0.137. The standard InChI is InChI=1S/C12H19NO5/c1-3-10(14)17-8-6-13-11(15)18-12(4-2)5-7-16-9-12/h3H,1,4-9H2,2H3,(H,13,15). The SMILES string of the molecule is C=CC(=O)OCCNC(=O)OC1(CC)CCOC1. The summed E-state index contributed by atoms with van der Waals surface area (Å²) in [5.41, 5.74) is -0.512. The summed E-state index contributed by atoms with van der Waals surface area (Å²) in [6, 6.07) is 0. The molecule has 1 unspecified atom stereocenters. The number of carbonyl (C=O) groups excluding carboxylic acids is 2. The Morgan fingerprint density at radius 2 is 2.33 bits per heavy atom. The van der Waals surface area contributed by atoms with Crippen molar-refractivity contribution >= 4 is 12.1 Å². The molecular formula is C12H19NO5. The van der Waals surface area contributed by atoms with E-state index in [0.29, 0.717) is 26.1 Å². The molecule has 0 bridgehead atoms. The third-order valence-corrected chi connectivity index (χ3v) is 2.80. The van der Waals surface area contributed by atoms with Crippen molar-refractivity contribution < 1.29 is 23.8 Å². The molecule has 6 heteroatoms. The molecule has 1 aliphatic heterocycles. The van der Waals surface area contributed by atoms with Crippen molar-refractivity contribution in [1.82, 2.24) is 5.32 Å². The zero-order chi connectivity index (χ0) is 13.4. The van der Waals surface area contributed by atoms with E-state index in [1.165, 1.54) is 0 Å². The van der Waals surface area contributed by atoms with E-state index in [-0.39, 0.29) is 13.2 Å². The van der Waals surface area contributed by atoms with E-state index in [1.807, 2.05) is 6.92 Å². The van der Waals surface area contributed by atoms with E-state index >= 15 is 0 Å². The van der Waals surface area contributed by atoms with Crippen LogP contribution in [0.15, 0.2) is 12.7 Å². The first-order chi connectivity index (χ1) is 8.62. The van der Waals surface area contributed by atoms with E-state index in [1.54, 1.807) is 0 Å². The number of ether oxygens (including phenoxy) is 3. The number of alkyl carbamates (subject to hydrolysis) is 1. The number of hydrogen-bond donors (Lipinski definition) is 1. The fourth-order valence-electron chi connectivity index (χ4n) is 1.62. The van der Waals surface area contributed by atoms with Crippen molar-refractivity contribution in [2.75, 3.05) is 26.4 Å². The Morgan fingerprint density at radius 3 is 2.89 bits per heavy atom. The summed E-state index contributed by atoms with van der Waals surface area (Å²) < 4.78 is 15.3. The lowest BCUT2D eigenvalue weighted by atomic mass is 10.0. The molecule has 0 radical (unpaired) electrons. The molecule has 1 aliphatic rings. The maximum absolute atomic E-state index is 11.5. The van der Waals surface area contributed by atoms with Gasteiger partial charge in [0.2, 0.25) is 0 Å². The van der Waals surface area contributed by atoms with Gasteiger partial charge >= 0.3 is 12.1 Å². The molecule has 0 aliphatic carbocycles. The van der Waals surface area contributed by atoms with Crippen molar-refractivity contribution in [2.45, 2.75) is 25.4 Å². The average molecular weight is 257 g/mol. The van der Waals surface area contributed by atoms with Crippen LogP contribution in [0.3, 0.4) is 0 Å². The Balaban J connectivity index is 2.20. The van der Waals surface area contributed by atoms with Crippen LogP contribution in [0.2, 0.25) is 0 Å². The second kappa shape index (κ2) is 7.00. The Morgan fingerprint density at radius 1 is 1.56 bits per heavy atom. The predicted octanol–water partition coefficient (Wildman–Crippen LogP) is 1.01. The minimum Gasteiger partial charge on any atom is -0.461 e. The second-order valence-corrected chi connectivity index (χ2v) is 4.03. The summed E-state index contributed by atoms with van der Waals surface area (Å²) >= 11 is 0. The summed E-state index contributed by atoms with van der Waals surface area (Å²) in [5.74, 6) is -0.514. The van der Waals surface area contributed by atoms with Crippen LogP contribution in [0.1, 0.15) is 19.8 Å². The Labute approximate surface area is 106 Å². The molecule has 1 saturated heterocycles. The fraction of sp³-hybridized carbons (Fsp3) is 0.667. The highest BCUT2D eigenvalue weighted by molar-refractivity contribution is 5.81. The van der Waals surface area contributed by atoms with E-state index in [4.69, 9.17) is 14.2 Å². The molecule has 0 aromatic heterocycles. The topological polar surface area (TPSA) is 73.9 Å². The smallest absolute Gasteiger partial charge is 0.407 e. The number of esters is 1. The van der Waals surface area contributed by atoms with Gasteiger partial charge in [-0.1, -0.05) is 13.5 Å². The van der Waals surface area contributed by atoms with Crippen molar-refractivity contribution in [3.63, 3.8) is 0 Å². The summed E-state index contributed by atoms with van der Waals surface area (Å²) in [6.45, 7) is 6.56. The highest BCUT2D eigenvalue weighted by atomic mass is 16.6. The van der Waals surface area contributed by atoms with E-state index in [0.717, 1.165) is 6.08 Å². The zero-order valence-electron chi connectivity index (χ0n) is 10.6. The number of nitrogens with one attached hydrogen (secondary N) is 1. The van der Waals surface area contributed by atoms with E-state index in [9.17, 15) is 9.59 Å². The first-order valence-corrected chi connectivity index (χ1v) is 5.95. The van der Waals surface area contributed by atoms with Gasteiger partial charge in [-0.25, -0.2) is 9.59 Å². The van der Waals surface area contributed by atoms with Crippen LogP contribution in [-0.2, 0) is 19.0 Å². The molecular weight excluding hydrogens is 238 g/mol. The van der Waals surface area contributed by atoms with Crippen LogP contribution in [-0.4, -0.2) is 44.0 Å². The summed E-state index contributed by atoms with van der Waals surface area (Å²) in [5, 5.41) is 2.52. The highest BCUT2D eigenvalue weighted by Crippen LogP contribution is 2.26. The van der Waals surface area contributed by atoms with Gasteiger partial charge in [0, 0.05) is 12.5 Å². The number of rotatable bonds is 6. The molecule has 1 atom stereocenters. The zero-order valence-corrected chi connectivity index (χ0v) is 10.6. The number of carbonyl (C=O) groups is 2. The van der Waals surface area contributed by atoms with Crippen molar-refractivity contribution in [1.29, 1.82) is 0 Å².